The molecule has 0 radical (unpaired) electrons. The minimum atomic E-state index is -0.204. The van der Waals surface area contributed by atoms with Gasteiger partial charge < -0.3 is 0 Å². The number of hydrogen-bond donors (Lipinski definition) is 0. The van der Waals surface area contributed by atoms with E-state index in [1.54, 1.807) is 0 Å². The number of rotatable bonds is 7. The van der Waals surface area contributed by atoms with Crippen LogP contribution in [-0.2, 0) is 5.41 Å². The van der Waals surface area contributed by atoms with Crippen LogP contribution in [0.2, 0.25) is 0 Å². The molecule has 0 spiro atoms. The molecule has 0 saturated heterocycles. The summed E-state index contributed by atoms with van der Waals surface area (Å²) in [5.74, 6) is 0. The van der Waals surface area contributed by atoms with Crippen LogP contribution in [0.15, 0.2) is 267 Å². The first-order valence-corrected chi connectivity index (χ1v) is 25.6. The quantitative estimate of drug-likeness (QED) is 0.140. The molecular formula is C73H50. The lowest BCUT2D eigenvalue weighted by atomic mass is 9.80. The number of benzene rings is 13. The Kier molecular flexibility index (Phi) is 9.98. The van der Waals surface area contributed by atoms with E-state index >= 15 is 0 Å². The highest BCUT2D eigenvalue weighted by Crippen LogP contribution is 2.53. The van der Waals surface area contributed by atoms with Crippen molar-refractivity contribution in [3.8, 4) is 89.0 Å². The minimum Gasteiger partial charge on any atom is -0.0622 e. The zero-order valence-corrected chi connectivity index (χ0v) is 40.9. The molecule has 0 saturated carbocycles. The number of hydrogen-bond acceptors (Lipinski definition) is 0. The summed E-state index contributed by atoms with van der Waals surface area (Å²) in [6, 6.07) is 99.0. The molecule has 0 bridgehead atoms. The Balaban J connectivity index is 0.816. The van der Waals surface area contributed by atoms with Gasteiger partial charge in [0.1, 0.15) is 0 Å². The lowest BCUT2D eigenvalue weighted by Crippen LogP contribution is -2.15. The zero-order chi connectivity index (χ0) is 48.6. The Morgan fingerprint density at radius 2 is 0.411 bits per heavy atom. The summed E-state index contributed by atoms with van der Waals surface area (Å²) in [6.45, 7) is 4.81. The molecule has 0 fully saturated rings. The van der Waals surface area contributed by atoms with Gasteiger partial charge in [-0.25, -0.2) is 0 Å². The van der Waals surface area contributed by atoms with E-state index in [1.807, 2.05) is 0 Å². The van der Waals surface area contributed by atoms with Crippen molar-refractivity contribution in [2.45, 2.75) is 19.3 Å². The van der Waals surface area contributed by atoms with Crippen molar-refractivity contribution in [3.05, 3.63) is 278 Å². The molecule has 0 aliphatic heterocycles. The maximum atomic E-state index is 2.49. The summed E-state index contributed by atoms with van der Waals surface area (Å²) in [5.41, 5.74) is 22.6. The van der Waals surface area contributed by atoms with Crippen LogP contribution < -0.4 is 0 Å². The van der Waals surface area contributed by atoms with Crippen LogP contribution in [0.1, 0.15) is 25.0 Å². The fourth-order valence-corrected chi connectivity index (χ4v) is 12.3. The van der Waals surface area contributed by atoms with Crippen LogP contribution in [0.5, 0.6) is 0 Å². The number of fused-ring (bicyclic) bond motifs is 7. The predicted octanol–water partition coefficient (Wildman–Crippen LogP) is 20.3. The van der Waals surface area contributed by atoms with E-state index < -0.39 is 0 Å². The maximum Gasteiger partial charge on any atom is 0.0159 e. The fraction of sp³-hybridized carbons (Fsp3) is 0.0411. The van der Waals surface area contributed by atoms with Gasteiger partial charge in [0.2, 0.25) is 0 Å². The molecule has 0 aromatic heterocycles. The molecule has 342 valence electrons. The molecule has 0 N–H and O–H groups in total. The first-order chi connectivity index (χ1) is 36.0. The van der Waals surface area contributed by atoms with Gasteiger partial charge in [-0.2, -0.15) is 0 Å². The van der Waals surface area contributed by atoms with Crippen molar-refractivity contribution in [1.29, 1.82) is 0 Å². The SMILES string of the molecule is CC1(C)c2cc(-c3ccc(-c4c5ccccc5c(-c5ccc(-c6ccccc6)cc5)c5ccccc45)cc3)ccc2-c2ccc(-c3c4ccccc4c(-c4ccc(-c5ccccc5)cc4)c4ccccc34)cc21. The molecule has 1 aliphatic rings. The van der Waals surface area contributed by atoms with Crippen LogP contribution in [0, 0.1) is 0 Å². The summed E-state index contributed by atoms with van der Waals surface area (Å²) in [7, 11) is 0. The summed E-state index contributed by atoms with van der Waals surface area (Å²) in [4.78, 5) is 0. The largest absolute Gasteiger partial charge is 0.0622 e. The van der Waals surface area contributed by atoms with Gasteiger partial charge in [-0.15, -0.1) is 0 Å². The summed E-state index contributed by atoms with van der Waals surface area (Å²) >= 11 is 0. The molecule has 0 heteroatoms. The van der Waals surface area contributed by atoms with Crippen molar-refractivity contribution in [2.75, 3.05) is 0 Å². The molecule has 0 atom stereocenters. The van der Waals surface area contributed by atoms with Gasteiger partial charge in [-0.1, -0.05) is 269 Å². The first-order valence-electron chi connectivity index (χ1n) is 25.6. The topological polar surface area (TPSA) is 0 Å². The highest BCUT2D eigenvalue weighted by Gasteiger charge is 2.36. The van der Waals surface area contributed by atoms with E-state index in [4.69, 9.17) is 0 Å². The lowest BCUT2D eigenvalue weighted by molar-refractivity contribution is 0.661. The van der Waals surface area contributed by atoms with Gasteiger partial charge in [0.25, 0.3) is 0 Å². The Morgan fingerprint density at radius 3 is 0.740 bits per heavy atom. The van der Waals surface area contributed by atoms with E-state index in [0.717, 1.165) is 0 Å². The second-order valence-electron chi connectivity index (χ2n) is 20.3. The van der Waals surface area contributed by atoms with E-state index in [0.29, 0.717) is 0 Å². The summed E-state index contributed by atoms with van der Waals surface area (Å²) in [5, 5.41) is 10.1. The smallest absolute Gasteiger partial charge is 0.0159 e. The fourth-order valence-electron chi connectivity index (χ4n) is 12.3. The van der Waals surface area contributed by atoms with Crippen molar-refractivity contribution in [2.24, 2.45) is 0 Å². The van der Waals surface area contributed by atoms with Crippen LogP contribution in [0.3, 0.4) is 0 Å². The lowest BCUT2D eigenvalue weighted by Gasteiger charge is -2.23. The maximum absolute atomic E-state index is 2.49. The molecule has 13 aromatic carbocycles. The third-order valence-corrected chi connectivity index (χ3v) is 15.9. The zero-order valence-electron chi connectivity index (χ0n) is 40.9. The van der Waals surface area contributed by atoms with Crippen LogP contribution in [0.4, 0.5) is 0 Å². The Morgan fingerprint density at radius 1 is 0.192 bits per heavy atom. The van der Waals surface area contributed by atoms with Crippen molar-refractivity contribution >= 4 is 43.1 Å². The Labute approximate surface area is 427 Å². The molecule has 14 rings (SSSR count). The highest BCUT2D eigenvalue weighted by molar-refractivity contribution is 6.23. The molecule has 0 nitrogen and oxygen atoms in total. The second kappa shape index (κ2) is 17.0. The average Bonchev–Trinajstić information content (AvgIpc) is 3.68. The highest BCUT2D eigenvalue weighted by atomic mass is 14.4. The van der Waals surface area contributed by atoms with Crippen molar-refractivity contribution in [3.63, 3.8) is 0 Å². The molecule has 0 unspecified atom stereocenters. The van der Waals surface area contributed by atoms with Crippen LogP contribution in [-0.4, -0.2) is 0 Å². The molecule has 0 heterocycles. The molecule has 0 amide bonds. The van der Waals surface area contributed by atoms with Crippen molar-refractivity contribution in [1.82, 2.24) is 0 Å². The molecule has 1 aliphatic carbocycles. The Hall–Kier alpha value is -9.10. The van der Waals surface area contributed by atoms with E-state index in [2.05, 4.69) is 281 Å². The third kappa shape index (κ3) is 6.97. The molecule has 73 heavy (non-hydrogen) atoms. The normalized spacial score (nSPS) is 12.6. The van der Waals surface area contributed by atoms with Crippen LogP contribution >= 0.6 is 0 Å². The van der Waals surface area contributed by atoms with Gasteiger partial charge in [-0.3, -0.25) is 0 Å². The van der Waals surface area contributed by atoms with Gasteiger partial charge >= 0.3 is 0 Å². The predicted molar refractivity (Wildman–Crippen MR) is 312 cm³/mol. The second-order valence-corrected chi connectivity index (χ2v) is 20.3. The van der Waals surface area contributed by atoms with E-state index in [9.17, 15) is 0 Å². The first kappa shape index (κ1) is 42.8. The van der Waals surface area contributed by atoms with Gasteiger partial charge in [0.05, 0.1) is 0 Å². The minimum absolute atomic E-state index is 0.204. The van der Waals surface area contributed by atoms with Crippen LogP contribution in [0.25, 0.3) is 132 Å². The molecule has 13 aromatic rings. The average molecular weight is 927 g/mol. The van der Waals surface area contributed by atoms with Crippen molar-refractivity contribution < 1.29 is 0 Å². The summed E-state index contributed by atoms with van der Waals surface area (Å²) < 4.78 is 0. The van der Waals surface area contributed by atoms with E-state index in [1.165, 1.54) is 143 Å². The standard InChI is InChI=1S/C73H50/c1-73(2)67-45-55(51-33-39-54(40-34-51)70-61-23-11-9-21-59(61)69(60-22-10-12-24-62(60)70)52-35-29-49(30-36-52)47-17-5-3-6-18-47)41-43-57(67)58-44-42-56(46-68(58)73)72-65-27-15-13-25-63(65)71(64-26-14-16-28-66(64)72)53-37-31-50(32-38-53)48-19-7-4-8-20-48/h3-46H,1-2H3. The van der Waals surface area contributed by atoms with E-state index in [-0.39, 0.29) is 5.41 Å². The Bertz CT molecular complexity index is 4160. The third-order valence-electron chi connectivity index (χ3n) is 15.9. The van der Waals surface area contributed by atoms with Gasteiger partial charge in [0.15, 0.2) is 0 Å². The summed E-state index contributed by atoms with van der Waals surface area (Å²) in [6.07, 6.45) is 0. The van der Waals surface area contributed by atoms with Gasteiger partial charge in [-0.05, 0) is 155 Å². The molecular weight excluding hydrogens is 877 g/mol. The monoisotopic (exact) mass is 926 g/mol. The van der Waals surface area contributed by atoms with Gasteiger partial charge in [0, 0.05) is 5.41 Å².